The monoisotopic (exact) mass is 561 g/mol. The van der Waals surface area contributed by atoms with E-state index in [1.807, 2.05) is 0 Å². The smallest absolute Gasteiger partial charge is 0.473 e. The minimum absolute atomic E-state index is 0. The van der Waals surface area contributed by atoms with Gasteiger partial charge in [0, 0.05) is 17.1 Å². The van der Waals surface area contributed by atoms with Crippen LogP contribution in [0.2, 0.25) is 0 Å². The molecule has 0 bridgehead atoms. The molecule has 35 heavy (non-hydrogen) atoms. The molecule has 0 saturated carbocycles. The predicted octanol–water partition coefficient (Wildman–Crippen LogP) is -2.23. The van der Waals surface area contributed by atoms with Crippen LogP contribution in [-0.2, 0) is 44.9 Å². The number of nitrogens with zero attached hydrogens (tertiary/aromatic N) is 4. The van der Waals surface area contributed by atoms with E-state index in [-0.39, 0.29) is 29.5 Å². The SMILES string of the molecule is Nc1ncnc2c1ncn2[C@@H]1O[C@H](CO)[C@H]2OP(=O)(O)O[C@H]21.O=C1O[C@H]([C@H](O)CO)C(O)=C1O.[Fe]. The fraction of sp³-hybridized carbons (Fsp3) is 0.500. The van der Waals surface area contributed by atoms with E-state index in [0.717, 1.165) is 0 Å². The van der Waals surface area contributed by atoms with Crippen molar-refractivity contribution >= 4 is 30.8 Å². The molecule has 7 atom stereocenters. The number of fused-ring (bicyclic) bond motifs is 2. The predicted molar refractivity (Wildman–Crippen MR) is 106 cm³/mol. The Morgan fingerprint density at radius 3 is 2.46 bits per heavy atom. The molecule has 3 aliphatic rings. The van der Waals surface area contributed by atoms with E-state index in [0.29, 0.717) is 11.2 Å². The fourth-order valence-corrected chi connectivity index (χ4v) is 4.67. The molecule has 0 aromatic carbocycles. The van der Waals surface area contributed by atoms with Crippen LogP contribution in [0.15, 0.2) is 24.2 Å². The second kappa shape index (κ2) is 10.3. The Kier molecular flexibility index (Phi) is 8.02. The molecule has 2 fully saturated rings. The van der Waals surface area contributed by atoms with Gasteiger partial charge in [-0.15, -0.1) is 0 Å². The number of hydrogen-bond acceptors (Lipinski definition) is 15. The minimum Gasteiger partial charge on any atom is -0.505 e. The van der Waals surface area contributed by atoms with Gasteiger partial charge in [-0.3, -0.25) is 13.6 Å². The zero-order valence-electron chi connectivity index (χ0n) is 17.3. The van der Waals surface area contributed by atoms with E-state index in [9.17, 15) is 19.4 Å². The van der Waals surface area contributed by atoms with Crippen LogP contribution < -0.4 is 5.73 Å². The van der Waals surface area contributed by atoms with Crippen molar-refractivity contribution in [3.05, 3.63) is 24.2 Å². The average molecular weight is 561 g/mol. The summed E-state index contributed by atoms with van der Waals surface area (Å²) in [5.41, 5.74) is 6.49. The molecule has 0 spiro atoms. The third kappa shape index (κ3) is 4.99. The van der Waals surface area contributed by atoms with Crippen LogP contribution in [-0.4, -0.2) is 99.6 Å². The first-order valence-corrected chi connectivity index (χ1v) is 11.1. The molecular weight excluding hydrogens is 541 g/mol. The summed E-state index contributed by atoms with van der Waals surface area (Å²) in [5.74, 6) is -2.58. The zero-order chi connectivity index (χ0) is 24.8. The number of esters is 1. The summed E-state index contributed by atoms with van der Waals surface area (Å²) in [7, 11) is -4.16. The quantitative estimate of drug-likeness (QED) is 0.118. The van der Waals surface area contributed by atoms with Crippen LogP contribution in [0.25, 0.3) is 11.2 Å². The van der Waals surface area contributed by atoms with Gasteiger partial charge in [0.2, 0.25) is 5.76 Å². The number of phosphoric ester groups is 1. The molecule has 2 aromatic rings. The second-order valence-electron chi connectivity index (χ2n) is 7.25. The summed E-state index contributed by atoms with van der Waals surface area (Å²) in [6, 6.07) is 0. The van der Waals surface area contributed by atoms with Crippen molar-refractivity contribution in [2.75, 3.05) is 18.9 Å². The topological polar surface area (TPSA) is 262 Å². The molecule has 194 valence electrons. The van der Waals surface area contributed by atoms with Crippen molar-refractivity contribution in [1.29, 1.82) is 0 Å². The number of aromatic nitrogens is 4. The number of aliphatic hydroxyl groups is 5. The molecule has 5 rings (SSSR count). The Morgan fingerprint density at radius 1 is 1.17 bits per heavy atom. The average Bonchev–Trinajstić information content (AvgIpc) is 3.52. The Labute approximate surface area is 205 Å². The Hall–Kier alpha value is -2.37. The number of aliphatic hydroxyl groups excluding tert-OH is 5. The minimum atomic E-state index is -4.16. The van der Waals surface area contributed by atoms with Gasteiger partial charge in [0.05, 0.1) is 19.5 Å². The van der Waals surface area contributed by atoms with Gasteiger partial charge in [-0.1, -0.05) is 0 Å². The van der Waals surface area contributed by atoms with E-state index in [2.05, 4.69) is 19.7 Å². The van der Waals surface area contributed by atoms with Gasteiger partial charge in [-0.25, -0.2) is 24.3 Å². The summed E-state index contributed by atoms with van der Waals surface area (Å²) in [5, 5.41) is 44.4. The maximum absolute atomic E-state index is 11.6. The number of rotatable bonds is 4. The van der Waals surface area contributed by atoms with Crippen molar-refractivity contribution in [2.24, 2.45) is 0 Å². The number of nitrogens with two attached hydrogens (primary N) is 1. The molecule has 8 N–H and O–H groups in total. The van der Waals surface area contributed by atoms with Gasteiger partial charge in [-0.2, -0.15) is 0 Å². The normalized spacial score (nSPS) is 32.6. The van der Waals surface area contributed by atoms with E-state index in [1.165, 1.54) is 17.2 Å². The van der Waals surface area contributed by atoms with Crippen LogP contribution in [0.1, 0.15) is 6.23 Å². The first kappa shape index (κ1) is 27.2. The van der Waals surface area contributed by atoms with Gasteiger partial charge in [0.15, 0.2) is 29.6 Å². The number of carbonyl (C=O) groups is 1. The Balaban J connectivity index is 0.000000226. The number of phosphoric acid groups is 1. The van der Waals surface area contributed by atoms with Crippen LogP contribution in [0.4, 0.5) is 5.82 Å². The summed E-state index contributed by atoms with van der Waals surface area (Å²) in [6.07, 6.45) is -3.44. The van der Waals surface area contributed by atoms with E-state index < -0.39 is 68.7 Å². The van der Waals surface area contributed by atoms with Crippen molar-refractivity contribution < 1.29 is 75.4 Å². The molecule has 17 nitrogen and oxygen atoms in total. The molecular formula is C16H20FeN5O12P. The van der Waals surface area contributed by atoms with Crippen LogP contribution in [0, 0.1) is 0 Å². The van der Waals surface area contributed by atoms with Crippen LogP contribution in [0.3, 0.4) is 0 Å². The number of anilines is 1. The van der Waals surface area contributed by atoms with Gasteiger partial charge < -0.3 is 45.6 Å². The van der Waals surface area contributed by atoms with Crippen LogP contribution >= 0.6 is 7.82 Å². The summed E-state index contributed by atoms with van der Waals surface area (Å²) < 4.78 is 33.1. The number of ether oxygens (including phenoxy) is 2. The molecule has 0 amide bonds. The second-order valence-corrected chi connectivity index (χ2v) is 8.61. The molecule has 0 radical (unpaired) electrons. The number of cyclic esters (lactones) is 1. The summed E-state index contributed by atoms with van der Waals surface area (Å²) in [6.45, 7) is -1.06. The fourth-order valence-electron chi connectivity index (χ4n) is 3.53. The molecule has 19 heteroatoms. The first-order valence-electron chi connectivity index (χ1n) is 9.58. The maximum atomic E-state index is 11.6. The van der Waals surface area contributed by atoms with E-state index >= 15 is 0 Å². The summed E-state index contributed by atoms with van der Waals surface area (Å²) >= 11 is 0. The van der Waals surface area contributed by atoms with Gasteiger partial charge in [-0.05, 0) is 0 Å². The number of imidazole rings is 1. The van der Waals surface area contributed by atoms with Crippen molar-refractivity contribution in [2.45, 2.75) is 36.7 Å². The van der Waals surface area contributed by atoms with E-state index in [1.54, 1.807) is 0 Å². The van der Waals surface area contributed by atoms with Gasteiger partial charge in [0.25, 0.3) is 0 Å². The molecule has 1 unspecified atom stereocenters. The molecule has 2 saturated heterocycles. The van der Waals surface area contributed by atoms with Crippen molar-refractivity contribution in [3.63, 3.8) is 0 Å². The molecule has 0 aliphatic carbocycles. The van der Waals surface area contributed by atoms with Crippen molar-refractivity contribution in [1.82, 2.24) is 19.5 Å². The zero-order valence-corrected chi connectivity index (χ0v) is 19.3. The third-order valence-corrected chi connectivity index (χ3v) is 6.13. The molecule has 3 aliphatic heterocycles. The Morgan fingerprint density at radius 2 is 1.86 bits per heavy atom. The number of nitrogen functional groups attached to an aromatic ring is 1. The number of carbonyl (C=O) groups excluding carboxylic acids is 1. The largest absolute Gasteiger partial charge is 0.505 e. The van der Waals surface area contributed by atoms with E-state index in [4.69, 9.17) is 39.9 Å². The number of hydrogen-bond donors (Lipinski definition) is 7. The molecule has 2 aromatic heterocycles. The van der Waals surface area contributed by atoms with Gasteiger partial charge in [0.1, 0.15) is 36.3 Å². The third-order valence-electron chi connectivity index (χ3n) is 5.11. The summed E-state index contributed by atoms with van der Waals surface area (Å²) in [4.78, 5) is 32.1. The first-order chi connectivity index (χ1) is 16.1. The maximum Gasteiger partial charge on any atom is 0.473 e. The van der Waals surface area contributed by atoms with Gasteiger partial charge >= 0.3 is 13.8 Å². The molecule has 5 heterocycles. The van der Waals surface area contributed by atoms with Crippen molar-refractivity contribution in [3.8, 4) is 0 Å². The van der Waals surface area contributed by atoms with Crippen LogP contribution in [0.5, 0.6) is 0 Å². The Bertz CT molecular complexity index is 1180. The standard InChI is InChI=1S/C10H12N5O6P.C6H8O6.Fe/c11-8-5-9(13-2-12-8)15(3-14-5)10-7-6(4(1-16)19-10)20-22(17,18)21-7;7-1-2(8)5-3(9)4(10)6(11)12-5;/h2-4,6-7,10,16H,1H2,(H,17,18)(H2,11,12,13);2,5,7-10H,1H2;/t4-,6-,7-,10-;2-,5-;/m11./s1.